The molecule has 0 N–H and O–H groups in total. The first kappa shape index (κ1) is 8.79. The van der Waals surface area contributed by atoms with Gasteiger partial charge in [0, 0.05) is 0 Å². The highest BCUT2D eigenvalue weighted by Gasteiger charge is 2.12. The summed E-state index contributed by atoms with van der Waals surface area (Å²) in [6.07, 6.45) is 4.64. The predicted octanol–water partition coefficient (Wildman–Crippen LogP) is 2.25. The maximum atomic E-state index is 4.00. The molecule has 0 aliphatic carbocycles. The van der Waals surface area contributed by atoms with E-state index in [1.165, 1.54) is 31.5 Å². The average Bonchev–Trinajstić information content (AvgIpc) is 2.05. The van der Waals surface area contributed by atoms with Gasteiger partial charge in [0.2, 0.25) is 0 Å². The minimum atomic E-state index is 0.642. The number of hydrogen-bond donors (Lipinski definition) is 0. The number of likely N-dealkylation sites (tertiary alicyclic amines) is 1. The van der Waals surface area contributed by atoms with E-state index in [0.29, 0.717) is 6.04 Å². The van der Waals surface area contributed by atoms with Crippen LogP contribution >= 0.6 is 0 Å². The summed E-state index contributed by atoms with van der Waals surface area (Å²) in [4.78, 5) is 2.51. The number of hydrogen-bond acceptors (Lipinski definition) is 1. The summed E-state index contributed by atoms with van der Waals surface area (Å²) in [5, 5.41) is 0. The highest BCUT2D eigenvalue weighted by molar-refractivity contribution is 5.00. The molecule has 1 saturated heterocycles. The summed E-state index contributed by atoms with van der Waals surface area (Å²) < 4.78 is 0. The minimum absolute atomic E-state index is 0.642. The second-order valence-electron chi connectivity index (χ2n) is 3.36. The monoisotopic (exact) mass is 152 g/mol. The molecule has 64 valence electrons. The summed E-state index contributed by atoms with van der Waals surface area (Å²) in [5.74, 6) is 0. The van der Waals surface area contributed by atoms with Crippen LogP contribution in [0.1, 0.15) is 26.7 Å². The van der Waals surface area contributed by atoms with Gasteiger partial charge >= 0.3 is 0 Å². The van der Waals surface area contributed by atoms with Gasteiger partial charge in [-0.1, -0.05) is 19.1 Å². The molecule has 0 aromatic heterocycles. The molecule has 1 fully saturated rings. The predicted molar refractivity (Wildman–Crippen MR) is 49.4 cm³/mol. The quantitative estimate of drug-likeness (QED) is 0.433. The van der Waals surface area contributed by atoms with Crippen molar-refractivity contribution >= 4 is 0 Å². The second-order valence-corrected chi connectivity index (χ2v) is 3.36. The molecule has 1 heteroatoms. The standard InChI is InChI=1S/C10H18N/c1-4-10(3)11-7-5-9(2)6-8-11/h4,10H,2,5-8H2,1,3H3/q-1. The Balaban J connectivity index is 2.32. The second kappa shape index (κ2) is 3.91. The van der Waals surface area contributed by atoms with Crippen LogP contribution in [-0.2, 0) is 0 Å². The van der Waals surface area contributed by atoms with Crippen molar-refractivity contribution in [3.63, 3.8) is 0 Å². The van der Waals surface area contributed by atoms with E-state index in [9.17, 15) is 0 Å². The number of rotatable bonds is 2. The maximum absolute atomic E-state index is 4.00. The Hall–Kier alpha value is -0.300. The molecule has 0 spiro atoms. The maximum Gasteiger partial charge on any atom is -0.000711 e. The summed E-state index contributed by atoms with van der Waals surface area (Å²) in [6, 6.07) is 0.642. The number of piperidine rings is 1. The Morgan fingerprint density at radius 1 is 1.45 bits per heavy atom. The zero-order valence-electron chi connectivity index (χ0n) is 7.64. The SMILES string of the molecule is C=C1CCN(C(C)[CH-]C)CC1. The van der Waals surface area contributed by atoms with Crippen LogP contribution in [0.15, 0.2) is 12.2 Å². The highest BCUT2D eigenvalue weighted by Crippen LogP contribution is 2.16. The zero-order chi connectivity index (χ0) is 8.27. The molecule has 1 heterocycles. The Bertz CT molecular complexity index is 130. The fourth-order valence-corrected chi connectivity index (χ4v) is 1.46. The van der Waals surface area contributed by atoms with Gasteiger partial charge in [-0.15, -0.1) is 6.04 Å². The molecule has 1 rings (SSSR count). The van der Waals surface area contributed by atoms with Gasteiger partial charge in [-0.3, -0.25) is 0 Å². The summed E-state index contributed by atoms with van der Waals surface area (Å²) in [5.41, 5.74) is 1.42. The minimum Gasteiger partial charge on any atom is -0.329 e. The van der Waals surface area contributed by atoms with E-state index < -0.39 is 0 Å². The Morgan fingerprint density at radius 3 is 2.45 bits per heavy atom. The molecule has 1 aliphatic rings. The van der Waals surface area contributed by atoms with Gasteiger partial charge in [-0.05, 0) is 25.9 Å². The van der Waals surface area contributed by atoms with Crippen LogP contribution in [0.4, 0.5) is 0 Å². The molecule has 1 atom stereocenters. The molecule has 1 aliphatic heterocycles. The van der Waals surface area contributed by atoms with Crippen molar-refractivity contribution < 1.29 is 0 Å². The van der Waals surface area contributed by atoms with Crippen molar-refractivity contribution in [3.05, 3.63) is 18.6 Å². The lowest BCUT2D eigenvalue weighted by Gasteiger charge is -2.37. The van der Waals surface area contributed by atoms with Crippen molar-refractivity contribution in [2.45, 2.75) is 32.7 Å². The van der Waals surface area contributed by atoms with Crippen LogP contribution in [0.25, 0.3) is 0 Å². The van der Waals surface area contributed by atoms with Gasteiger partial charge in [-0.25, -0.2) is 0 Å². The molecular weight excluding hydrogens is 134 g/mol. The molecule has 11 heavy (non-hydrogen) atoms. The van der Waals surface area contributed by atoms with E-state index in [0.717, 1.165) is 0 Å². The molecular formula is C10H18N-. The molecule has 0 amide bonds. The van der Waals surface area contributed by atoms with Gasteiger partial charge in [0.25, 0.3) is 0 Å². The Morgan fingerprint density at radius 2 is 2.00 bits per heavy atom. The van der Waals surface area contributed by atoms with E-state index in [-0.39, 0.29) is 0 Å². The van der Waals surface area contributed by atoms with Crippen molar-refractivity contribution in [1.29, 1.82) is 0 Å². The van der Waals surface area contributed by atoms with Gasteiger partial charge in [0.15, 0.2) is 0 Å². The third kappa shape index (κ3) is 2.33. The van der Waals surface area contributed by atoms with Crippen LogP contribution in [0.5, 0.6) is 0 Å². The van der Waals surface area contributed by atoms with E-state index in [1.807, 2.05) is 0 Å². The lowest BCUT2D eigenvalue weighted by atomic mass is 10.0. The topological polar surface area (TPSA) is 3.24 Å². The van der Waals surface area contributed by atoms with Crippen LogP contribution in [0.3, 0.4) is 0 Å². The summed E-state index contributed by atoms with van der Waals surface area (Å²) in [6.45, 7) is 10.8. The van der Waals surface area contributed by atoms with E-state index in [1.54, 1.807) is 0 Å². The Kier molecular flexibility index (Phi) is 3.13. The van der Waals surface area contributed by atoms with Crippen molar-refractivity contribution in [2.75, 3.05) is 13.1 Å². The van der Waals surface area contributed by atoms with E-state index in [2.05, 4.69) is 31.7 Å². The smallest absolute Gasteiger partial charge is 0.000711 e. The van der Waals surface area contributed by atoms with Crippen molar-refractivity contribution in [3.8, 4) is 0 Å². The first-order valence-electron chi connectivity index (χ1n) is 4.44. The van der Waals surface area contributed by atoms with Crippen LogP contribution < -0.4 is 0 Å². The third-order valence-corrected chi connectivity index (χ3v) is 2.56. The molecule has 1 unspecified atom stereocenters. The zero-order valence-corrected chi connectivity index (χ0v) is 7.64. The molecule has 0 aromatic carbocycles. The normalized spacial score (nSPS) is 23.6. The van der Waals surface area contributed by atoms with Crippen molar-refractivity contribution in [1.82, 2.24) is 4.90 Å². The first-order valence-corrected chi connectivity index (χ1v) is 4.44. The third-order valence-electron chi connectivity index (χ3n) is 2.56. The van der Waals surface area contributed by atoms with Gasteiger partial charge < -0.3 is 11.3 Å². The largest absolute Gasteiger partial charge is 0.329 e. The summed E-state index contributed by atoms with van der Waals surface area (Å²) in [7, 11) is 0. The number of nitrogens with zero attached hydrogens (tertiary/aromatic N) is 1. The van der Waals surface area contributed by atoms with Crippen LogP contribution in [-0.4, -0.2) is 24.0 Å². The van der Waals surface area contributed by atoms with Crippen LogP contribution in [0.2, 0.25) is 0 Å². The first-order chi connectivity index (χ1) is 5.24. The fourth-order valence-electron chi connectivity index (χ4n) is 1.46. The average molecular weight is 152 g/mol. The lowest BCUT2D eigenvalue weighted by Crippen LogP contribution is -2.37. The van der Waals surface area contributed by atoms with Gasteiger partial charge in [0.1, 0.15) is 0 Å². The van der Waals surface area contributed by atoms with E-state index >= 15 is 0 Å². The van der Waals surface area contributed by atoms with E-state index in [4.69, 9.17) is 0 Å². The van der Waals surface area contributed by atoms with Gasteiger partial charge in [0.05, 0.1) is 0 Å². The summed E-state index contributed by atoms with van der Waals surface area (Å²) >= 11 is 0. The Labute approximate surface area is 70.1 Å². The highest BCUT2D eigenvalue weighted by atomic mass is 15.1. The molecule has 0 bridgehead atoms. The molecule has 0 saturated carbocycles. The van der Waals surface area contributed by atoms with Crippen molar-refractivity contribution in [2.24, 2.45) is 0 Å². The van der Waals surface area contributed by atoms with Crippen LogP contribution in [0, 0.1) is 6.42 Å². The fraction of sp³-hybridized carbons (Fsp3) is 0.700. The molecule has 0 aromatic rings. The van der Waals surface area contributed by atoms with Gasteiger partial charge in [-0.2, -0.15) is 6.92 Å². The lowest BCUT2D eigenvalue weighted by molar-refractivity contribution is 0.216. The molecule has 1 nitrogen and oxygen atoms in total. The molecule has 0 radical (unpaired) electrons.